The van der Waals surface area contributed by atoms with Crippen molar-refractivity contribution in [3.63, 3.8) is 0 Å². The Morgan fingerprint density at radius 3 is 2.88 bits per heavy atom. The maximum atomic E-state index is 13.4. The Balaban J connectivity index is 2.31. The molecule has 0 aliphatic heterocycles. The molecule has 2 N–H and O–H groups in total. The van der Waals surface area contributed by atoms with Crippen LogP contribution in [0, 0.1) is 12.0 Å². The molecule has 0 fully saturated rings. The Morgan fingerprint density at radius 2 is 2.19 bits per heavy atom. The number of nitrogen functional groups attached to an aromatic ring is 1. The third kappa shape index (κ3) is 2.23. The van der Waals surface area contributed by atoms with E-state index in [0.717, 1.165) is 0 Å². The fourth-order valence-electron chi connectivity index (χ4n) is 1.12. The minimum Gasteiger partial charge on any atom is -0.453 e. The summed E-state index contributed by atoms with van der Waals surface area (Å²) in [5.41, 5.74) is 5.74. The quantitative estimate of drug-likeness (QED) is 0.817. The van der Waals surface area contributed by atoms with Gasteiger partial charge in [0.25, 0.3) is 0 Å². The van der Waals surface area contributed by atoms with Crippen LogP contribution in [0.3, 0.4) is 0 Å². The second-order valence-corrected chi connectivity index (χ2v) is 3.44. The highest BCUT2D eigenvalue weighted by Crippen LogP contribution is 2.30. The molecule has 0 bridgehead atoms. The Kier molecular flexibility index (Phi) is 2.92. The number of pyridine rings is 1. The van der Waals surface area contributed by atoms with Crippen LogP contribution in [-0.2, 0) is 0 Å². The molecule has 1 aromatic heterocycles. The molecular formula is C11H7ClFN2O. The van der Waals surface area contributed by atoms with E-state index in [4.69, 9.17) is 22.1 Å². The second-order valence-electron chi connectivity index (χ2n) is 3.04. The van der Waals surface area contributed by atoms with Crippen LogP contribution in [0.2, 0.25) is 5.02 Å². The van der Waals surface area contributed by atoms with E-state index in [9.17, 15) is 4.39 Å². The first-order chi connectivity index (χ1) is 7.66. The maximum absolute atomic E-state index is 13.4. The van der Waals surface area contributed by atoms with Gasteiger partial charge in [0.2, 0.25) is 0 Å². The third-order valence-electron chi connectivity index (χ3n) is 1.86. The highest BCUT2D eigenvalue weighted by atomic mass is 35.5. The van der Waals surface area contributed by atoms with Crippen LogP contribution >= 0.6 is 11.6 Å². The Hall–Kier alpha value is -1.81. The summed E-state index contributed by atoms with van der Waals surface area (Å²) in [5, 5.41) is 0.287. The molecule has 1 radical (unpaired) electrons. The number of aromatic nitrogens is 1. The molecule has 0 saturated carbocycles. The van der Waals surface area contributed by atoms with Crippen LogP contribution in [0.1, 0.15) is 0 Å². The highest BCUT2D eigenvalue weighted by molar-refractivity contribution is 6.31. The molecule has 16 heavy (non-hydrogen) atoms. The number of nitrogens with zero attached hydrogens (tertiary/aromatic N) is 1. The molecule has 0 atom stereocenters. The number of ether oxygens (including phenoxy) is 1. The summed E-state index contributed by atoms with van der Waals surface area (Å²) in [5.74, 6) is -0.205. The predicted molar refractivity (Wildman–Crippen MR) is 59.0 cm³/mol. The predicted octanol–water partition coefficient (Wildman–Crippen LogP) is 3.05. The zero-order valence-corrected chi connectivity index (χ0v) is 8.83. The van der Waals surface area contributed by atoms with E-state index >= 15 is 0 Å². The first-order valence-electron chi connectivity index (χ1n) is 4.41. The van der Waals surface area contributed by atoms with Crippen LogP contribution in [0.15, 0.2) is 30.5 Å². The van der Waals surface area contributed by atoms with E-state index in [2.05, 4.69) is 11.2 Å². The number of rotatable bonds is 2. The zero-order chi connectivity index (χ0) is 11.5. The smallest absolute Gasteiger partial charge is 0.167 e. The molecule has 0 spiro atoms. The molecule has 3 nitrogen and oxygen atoms in total. The number of anilines is 1. The van der Waals surface area contributed by atoms with Gasteiger partial charge in [0, 0.05) is 17.8 Å². The summed E-state index contributed by atoms with van der Waals surface area (Å²) in [6, 6.07) is 5.57. The average molecular weight is 238 g/mol. The molecule has 2 aromatic rings. The Bertz CT molecular complexity index is 519. The van der Waals surface area contributed by atoms with Crippen molar-refractivity contribution in [3.05, 3.63) is 47.5 Å². The molecule has 0 aliphatic rings. The van der Waals surface area contributed by atoms with Gasteiger partial charge in [-0.15, -0.1) is 0 Å². The lowest BCUT2D eigenvalue weighted by Crippen LogP contribution is -1.92. The van der Waals surface area contributed by atoms with Crippen LogP contribution in [0.5, 0.6) is 11.5 Å². The standard InChI is InChI=1S/C11H7ClFN2O/c12-8-6-15-4-3-10(8)16-11-2-1-7(14)5-9(11)13/h1-3,5-6H,14H2. The first-order valence-corrected chi connectivity index (χ1v) is 4.79. The largest absolute Gasteiger partial charge is 0.453 e. The summed E-state index contributed by atoms with van der Waals surface area (Å²) >= 11 is 5.80. The van der Waals surface area contributed by atoms with Gasteiger partial charge >= 0.3 is 0 Å². The van der Waals surface area contributed by atoms with Gasteiger partial charge in [-0.25, -0.2) is 4.39 Å². The van der Waals surface area contributed by atoms with E-state index in [1.165, 1.54) is 30.5 Å². The average Bonchev–Trinajstić information content (AvgIpc) is 2.25. The van der Waals surface area contributed by atoms with Gasteiger partial charge in [-0.05, 0) is 12.1 Å². The molecular weight excluding hydrogens is 231 g/mol. The van der Waals surface area contributed by atoms with E-state index in [1.807, 2.05) is 0 Å². The molecule has 81 valence electrons. The number of halogens is 2. The molecule has 5 heteroatoms. The van der Waals surface area contributed by atoms with Crippen LogP contribution in [0.25, 0.3) is 0 Å². The summed E-state index contributed by atoms with van der Waals surface area (Å²) in [4.78, 5) is 3.67. The minimum absolute atomic E-state index is 0.0516. The molecule has 0 saturated heterocycles. The van der Waals surface area contributed by atoms with E-state index in [-0.39, 0.29) is 10.8 Å². The van der Waals surface area contributed by atoms with E-state index in [0.29, 0.717) is 11.4 Å². The van der Waals surface area contributed by atoms with Crippen LogP contribution < -0.4 is 10.5 Å². The number of hydrogen-bond acceptors (Lipinski definition) is 3. The lowest BCUT2D eigenvalue weighted by molar-refractivity contribution is 0.442. The van der Waals surface area contributed by atoms with Crippen molar-refractivity contribution in [2.75, 3.05) is 5.73 Å². The van der Waals surface area contributed by atoms with Crippen molar-refractivity contribution in [2.24, 2.45) is 0 Å². The van der Waals surface area contributed by atoms with Crippen LogP contribution in [-0.4, -0.2) is 4.98 Å². The molecule has 2 rings (SSSR count). The number of benzene rings is 1. The third-order valence-corrected chi connectivity index (χ3v) is 2.14. The molecule has 0 aliphatic carbocycles. The maximum Gasteiger partial charge on any atom is 0.167 e. The van der Waals surface area contributed by atoms with Gasteiger partial charge in [-0.2, -0.15) is 0 Å². The van der Waals surface area contributed by atoms with Gasteiger partial charge in [0.05, 0.1) is 12.4 Å². The van der Waals surface area contributed by atoms with Gasteiger partial charge in [-0.1, -0.05) is 11.6 Å². The monoisotopic (exact) mass is 237 g/mol. The van der Waals surface area contributed by atoms with Gasteiger partial charge in [0.15, 0.2) is 11.6 Å². The number of nitrogens with two attached hydrogens (primary N) is 1. The summed E-state index contributed by atoms with van der Waals surface area (Å²) < 4.78 is 18.7. The molecule has 0 amide bonds. The number of hydrogen-bond donors (Lipinski definition) is 1. The fourth-order valence-corrected chi connectivity index (χ4v) is 1.26. The van der Waals surface area contributed by atoms with Crippen molar-refractivity contribution < 1.29 is 9.13 Å². The van der Waals surface area contributed by atoms with Crippen molar-refractivity contribution in [1.82, 2.24) is 4.98 Å². The van der Waals surface area contributed by atoms with Gasteiger partial charge in [0.1, 0.15) is 10.8 Å². The summed E-state index contributed by atoms with van der Waals surface area (Å²) in [6.07, 6.45) is 3.91. The second kappa shape index (κ2) is 4.37. The van der Waals surface area contributed by atoms with E-state index in [1.54, 1.807) is 0 Å². The summed E-state index contributed by atoms with van der Waals surface area (Å²) in [6.45, 7) is 0. The summed E-state index contributed by atoms with van der Waals surface area (Å²) in [7, 11) is 0. The fraction of sp³-hybridized carbons (Fsp3) is 0. The van der Waals surface area contributed by atoms with E-state index < -0.39 is 5.82 Å². The van der Waals surface area contributed by atoms with Crippen molar-refractivity contribution in [1.29, 1.82) is 0 Å². The molecule has 1 heterocycles. The van der Waals surface area contributed by atoms with Crippen molar-refractivity contribution in [2.45, 2.75) is 0 Å². The first kappa shape index (κ1) is 10.7. The van der Waals surface area contributed by atoms with Gasteiger partial charge < -0.3 is 10.5 Å². The zero-order valence-electron chi connectivity index (χ0n) is 8.08. The van der Waals surface area contributed by atoms with Gasteiger partial charge in [-0.3, -0.25) is 4.98 Å². The SMILES string of the molecule is Nc1ccc(Oc2c[c]ncc2Cl)c(F)c1. The minimum atomic E-state index is -0.548. The van der Waals surface area contributed by atoms with Crippen molar-refractivity contribution in [3.8, 4) is 11.5 Å². The Morgan fingerprint density at radius 1 is 1.38 bits per heavy atom. The van der Waals surface area contributed by atoms with Crippen LogP contribution in [0.4, 0.5) is 10.1 Å². The molecule has 1 aromatic carbocycles. The lowest BCUT2D eigenvalue weighted by atomic mass is 10.3. The van der Waals surface area contributed by atoms with Crippen molar-refractivity contribution >= 4 is 17.3 Å². The topological polar surface area (TPSA) is 48.1 Å². The lowest BCUT2D eigenvalue weighted by Gasteiger charge is -2.07. The molecule has 0 unspecified atom stereocenters. The Labute approximate surface area is 96.6 Å². The normalized spacial score (nSPS) is 10.1. The highest BCUT2D eigenvalue weighted by Gasteiger charge is 2.07.